The van der Waals surface area contributed by atoms with Crippen molar-refractivity contribution in [3.63, 3.8) is 0 Å². The second kappa shape index (κ2) is 5.68. The van der Waals surface area contributed by atoms with Crippen LogP contribution in [0.15, 0.2) is 18.3 Å². The predicted molar refractivity (Wildman–Crippen MR) is 84.1 cm³/mol. The lowest BCUT2D eigenvalue weighted by Crippen LogP contribution is -2.17. The molecule has 2 heterocycles. The zero-order valence-electron chi connectivity index (χ0n) is 12.6. The SMILES string of the molecule is Cc1cccnc1[C@H](C)Nc1nc(N)nc2c1CCCC2. The van der Waals surface area contributed by atoms with Crippen molar-refractivity contribution in [2.45, 2.75) is 45.6 Å². The molecule has 21 heavy (non-hydrogen) atoms. The van der Waals surface area contributed by atoms with Crippen LogP contribution in [0.1, 0.15) is 48.3 Å². The number of nitrogens with one attached hydrogen (secondary N) is 1. The number of rotatable bonds is 3. The molecule has 2 aromatic rings. The molecule has 0 radical (unpaired) electrons. The number of hydrogen-bond donors (Lipinski definition) is 2. The van der Waals surface area contributed by atoms with Crippen LogP contribution in [0.2, 0.25) is 0 Å². The van der Waals surface area contributed by atoms with Gasteiger partial charge in [0.05, 0.1) is 17.4 Å². The van der Waals surface area contributed by atoms with E-state index in [0.29, 0.717) is 5.95 Å². The van der Waals surface area contributed by atoms with Crippen LogP contribution in [0.4, 0.5) is 11.8 Å². The largest absolute Gasteiger partial charge is 0.368 e. The number of aromatic nitrogens is 3. The van der Waals surface area contributed by atoms with Crippen molar-refractivity contribution < 1.29 is 0 Å². The molecule has 0 saturated carbocycles. The topological polar surface area (TPSA) is 76.7 Å². The van der Waals surface area contributed by atoms with Crippen LogP contribution < -0.4 is 11.1 Å². The number of nitrogen functional groups attached to an aromatic ring is 1. The first-order valence-corrected chi connectivity index (χ1v) is 7.48. The molecule has 3 N–H and O–H groups in total. The van der Waals surface area contributed by atoms with Crippen LogP contribution >= 0.6 is 0 Å². The van der Waals surface area contributed by atoms with Gasteiger partial charge in [-0.2, -0.15) is 4.98 Å². The van der Waals surface area contributed by atoms with E-state index in [0.717, 1.165) is 30.0 Å². The second-order valence-electron chi connectivity index (χ2n) is 5.63. The standard InChI is InChI=1S/C16H21N5/c1-10-6-5-9-18-14(10)11(2)19-15-12-7-3-4-8-13(12)20-16(17)21-15/h5-6,9,11H,3-4,7-8H2,1-2H3,(H3,17,19,20,21)/t11-/m0/s1. The summed E-state index contributed by atoms with van der Waals surface area (Å²) in [6.07, 6.45) is 6.20. The predicted octanol–water partition coefficient (Wildman–Crippen LogP) is 2.81. The molecule has 0 spiro atoms. The Hall–Kier alpha value is -2.17. The van der Waals surface area contributed by atoms with Crippen molar-refractivity contribution in [3.05, 3.63) is 40.8 Å². The number of nitrogens with zero attached hydrogens (tertiary/aromatic N) is 3. The number of nitrogens with two attached hydrogens (primary N) is 1. The Labute approximate surface area is 125 Å². The lowest BCUT2D eigenvalue weighted by molar-refractivity contribution is 0.662. The van der Waals surface area contributed by atoms with Gasteiger partial charge in [0.1, 0.15) is 5.82 Å². The fraction of sp³-hybridized carbons (Fsp3) is 0.438. The van der Waals surface area contributed by atoms with Crippen LogP contribution in [0.3, 0.4) is 0 Å². The molecular weight excluding hydrogens is 262 g/mol. The third-order valence-electron chi connectivity index (χ3n) is 4.01. The number of aryl methyl sites for hydroxylation is 2. The Bertz CT molecular complexity index is 653. The third kappa shape index (κ3) is 2.82. The maximum atomic E-state index is 5.85. The maximum absolute atomic E-state index is 5.85. The van der Waals surface area contributed by atoms with Crippen molar-refractivity contribution in [2.24, 2.45) is 0 Å². The fourth-order valence-electron chi connectivity index (χ4n) is 2.96. The highest BCUT2D eigenvalue weighted by atomic mass is 15.1. The summed E-state index contributed by atoms with van der Waals surface area (Å²) in [6.45, 7) is 4.17. The quantitative estimate of drug-likeness (QED) is 0.905. The summed E-state index contributed by atoms with van der Waals surface area (Å²) in [5.41, 5.74) is 10.4. The molecule has 5 heteroatoms. The number of anilines is 2. The van der Waals surface area contributed by atoms with Crippen LogP contribution in [0, 0.1) is 6.92 Å². The molecule has 110 valence electrons. The van der Waals surface area contributed by atoms with Gasteiger partial charge in [-0.05, 0) is 51.2 Å². The summed E-state index contributed by atoms with van der Waals surface area (Å²) < 4.78 is 0. The summed E-state index contributed by atoms with van der Waals surface area (Å²) >= 11 is 0. The lowest BCUT2D eigenvalue weighted by atomic mass is 9.96. The Morgan fingerprint density at radius 2 is 2.05 bits per heavy atom. The Kier molecular flexibility index (Phi) is 3.73. The number of hydrogen-bond acceptors (Lipinski definition) is 5. The normalized spacial score (nSPS) is 15.3. The summed E-state index contributed by atoms with van der Waals surface area (Å²) in [5, 5.41) is 3.47. The highest BCUT2D eigenvalue weighted by Gasteiger charge is 2.19. The highest BCUT2D eigenvalue weighted by Crippen LogP contribution is 2.28. The second-order valence-corrected chi connectivity index (χ2v) is 5.63. The van der Waals surface area contributed by atoms with Gasteiger partial charge in [0.25, 0.3) is 0 Å². The maximum Gasteiger partial charge on any atom is 0.222 e. The zero-order valence-corrected chi connectivity index (χ0v) is 12.6. The van der Waals surface area contributed by atoms with E-state index in [1.165, 1.54) is 24.0 Å². The van der Waals surface area contributed by atoms with Gasteiger partial charge in [0.2, 0.25) is 5.95 Å². The van der Waals surface area contributed by atoms with Crippen LogP contribution in [0.5, 0.6) is 0 Å². The molecule has 0 aromatic carbocycles. The fourth-order valence-corrected chi connectivity index (χ4v) is 2.96. The number of fused-ring (bicyclic) bond motifs is 1. The van der Waals surface area contributed by atoms with E-state index < -0.39 is 0 Å². The first-order chi connectivity index (χ1) is 10.1. The van der Waals surface area contributed by atoms with Crippen LogP contribution in [-0.4, -0.2) is 15.0 Å². The molecule has 0 saturated heterocycles. The molecular formula is C16H21N5. The molecule has 5 nitrogen and oxygen atoms in total. The minimum atomic E-state index is 0.0894. The average Bonchev–Trinajstić information content (AvgIpc) is 2.47. The van der Waals surface area contributed by atoms with E-state index in [1.807, 2.05) is 12.3 Å². The molecule has 2 aromatic heterocycles. The van der Waals surface area contributed by atoms with Gasteiger partial charge in [-0.1, -0.05) is 6.07 Å². The van der Waals surface area contributed by atoms with Crippen molar-refractivity contribution in [1.29, 1.82) is 0 Å². The van der Waals surface area contributed by atoms with Crippen molar-refractivity contribution >= 4 is 11.8 Å². The van der Waals surface area contributed by atoms with Crippen molar-refractivity contribution in [1.82, 2.24) is 15.0 Å². The molecule has 1 aliphatic rings. The monoisotopic (exact) mass is 283 g/mol. The molecule has 0 unspecified atom stereocenters. The average molecular weight is 283 g/mol. The highest BCUT2D eigenvalue weighted by molar-refractivity contribution is 5.52. The minimum absolute atomic E-state index is 0.0894. The first-order valence-electron chi connectivity index (χ1n) is 7.48. The van der Waals surface area contributed by atoms with E-state index >= 15 is 0 Å². The van der Waals surface area contributed by atoms with Gasteiger partial charge in [0.15, 0.2) is 0 Å². The molecule has 3 rings (SSSR count). The molecule has 0 amide bonds. The Balaban J connectivity index is 1.91. The molecule has 0 bridgehead atoms. The van der Waals surface area contributed by atoms with Gasteiger partial charge >= 0.3 is 0 Å². The smallest absolute Gasteiger partial charge is 0.222 e. The first kappa shape index (κ1) is 13.8. The van der Waals surface area contributed by atoms with E-state index in [9.17, 15) is 0 Å². The van der Waals surface area contributed by atoms with E-state index in [1.54, 1.807) is 0 Å². The van der Waals surface area contributed by atoms with Gasteiger partial charge in [-0.3, -0.25) is 4.98 Å². The molecule has 0 aliphatic heterocycles. The summed E-state index contributed by atoms with van der Waals surface area (Å²) in [6, 6.07) is 4.12. The molecule has 0 fully saturated rings. The van der Waals surface area contributed by atoms with E-state index in [4.69, 9.17) is 5.73 Å². The summed E-state index contributed by atoms with van der Waals surface area (Å²) in [4.78, 5) is 13.3. The third-order valence-corrected chi connectivity index (χ3v) is 4.01. The van der Waals surface area contributed by atoms with E-state index in [2.05, 4.69) is 40.2 Å². The molecule has 1 atom stereocenters. The number of pyridine rings is 1. The lowest BCUT2D eigenvalue weighted by Gasteiger charge is -2.22. The van der Waals surface area contributed by atoms with Gasteiger partial charge in [-0.15, -0.1) is 0 Å². The zero-order chi connectivity index (χ0) is 14.8. The summed E-state index contributed by atoms with van der Waals surface area (Å²) in [7, 11) is 0. The Morgan fingerprint density at radius 1 is 1.24 bits per heavy atom. The van der Waals surface area contributed by atoms with Gasteiger partial charge < -0.3 is 11.1 Å². The summed E-state index contributed by atoms with van der Waals surface area (Å²) in [5.74, 6) is 1.22. The minimum Gasteiger partial charge on any atom is -0.368 e. The van der Waals surface area contributed by atoms with Gasteiger partial charge in [-0.25, -0.2) is 4.98 Å². The molecule has 1 aliphatic carbocycles. The van der Waals surface area contributed by atoms with Crippen LogP contribution in [0.25, 0.3) is 0 Å². The van der Waals surface area contributed by atoms with E-state index in [-0.39, 0.29) is 6.04 Å². The Morgan fingerprint density at radius 3 is 2.86 bits per heavy atom. The van der Waals surface area contributed by atoms with Crippen molar-refractivity contribution in [2.75, 3.05) is 11.1 Å². The van der Waals surface area contributed by atoms with Gasteiger partial charge in [0, 0.05) is 11.8 Å². The van der Waals surface area contributed by atoms with Crippen LogP contribution in [-0.2, 0) is 12.8 Å². The van der Waals surface area contributed by atoms with Crippen molar-refractivity contribution in [3.8, 4) is 0 Å².